The number of hydrogen-bond acceptors (Lipinski definition) is 6. The number of nitrogens with zero attached hydrogens (tertiary/aromatic N) is 3. The largest absolute Gasteiger partial charge is 0.490 e. The summed E-state index contributed by atoms with van der Waals surface area (Å²) in [7, 11) is 0. The van der Waals surface area contributed by atoms with E-state index in [1.54, 1.807) is 17.0 Å². The van der Waals surface area contributed by atoms with Gasteiger partial charge in [-0.2, -0.15) is 4.98 Å². The Hall–Kier alpha value is -2.97. The number of aromatic nitrogens is 2. The molecule has 9 heteroatoms. The summed E-state index contributed by atoms with van der Waals surface area (Å²) in [5, 5.41) is 3.82. The lowest BCUT2D eigenvalue weighted by Crippen LogP contribution is -2.49. The van der Waals surface area contributed by atoms with E-state index >= 15 is 0 Å². The van der Waals surface area contributed by atoms with Gasteiger partial charge >= 0.3 is 0 Å². The van der Waals surface area contributed by atoms with E-state index in [2.05, 4.69) is 10.1 Å². The molecule has 1 aliphatic rings. The van der Waals surface area contributed by atoms with Crippen molar-refractivity contribution in [1.29, 1.82) is 0 Å². The van der Waals surface area contributed by atoms with Gasteiger partial charge in [-0.15, -0.1) is 0 Å². The first-order valence-electron chi connectivity index (χ1n) is 9.74. The highest BCUT2D eigenvalue weighted by Gasteiger charge is 2.34. The fourth-order valence-electron chi connectivity index (χ4n) is 3.44. The molecule has 0 saturated carbocycles. The number of likely N-dealkylation sites (tertiary alicyclic amines) is 1. The molecule has 1 aliphatic heterocycles. The fourth-order valence-corrected chi connectivity index (χ4v) is 3.44. The van der Waals surface area contributed by atoms with Gasteiger partial charge in [0.15, 0.2) is 5.82 Å². The topological polar surface area (TPSA) is 112 Å². The predicted octanol–water partition coefficient (Wildman–Crippen LogP) is 1.88. The average molecular weight is 404 g/mol. The smallest absolute Gasteiger partial charge is 0.227 e. The highest BCUT2D eigenvalue weighted by atomic mass is 19.1. The minimum absolute atomic E-state index is 0.0454. The van der Waals surface area contributed by atoms with E-state index in [-0.39, 0.29) is 36.6 Å². The first-order valence-corrected chi connectivity index (χ1v) is 9.74. The van der Waals surface area contributed by atoms with E-state index in [1.807, 2.05) is 6.92 Å². The summed E-state index contributed by atoms with van der Waals surface area (Å²) in [6.45, 7) is 2.80. The maximum Gasteiger partial charge on any atom is 0.227 e. The quantitative estimate of drug-likeness (QED) is 0.719. The molecule has 1 saturated heterocycles. The summed E-state index contributed by atoms with van der Waals surface area (Å²) in [5.74, 6) is 0.509. The number of amides is 2. The monoisotopic (exact) mass is 404 g/mol. The lowest BCUT2D eigenvalue weighted by Gasteiger charge is -2.38. The minimum atomic E-state index is -0.449. The van der Waals surface area contributed by atoms with Gasteiger partial charge in [0.05, 0.1) is 0 Å². The molecule has 29 heavy (non-hydrogen) atoms. The van der Waals surface area contributed by atoms with Crippen molar-refractivity contribution < 1.29 is 23.2 Å². The molecule has 0 unspecified atom stereocenters. The maximum atomic E-state index is 13.1. The average Bonchev–Trinajstić information content (AvgIpc) is 3.17. The van der Waals surface area contributed by atoms with Gasteiger partial charge in [0, 0.05) is 51.1 Å². The van der Waals surface area contributed by atoms with E-state index in [0.717, 1.165) is 0 Å². The molecule has 2 aromatic rings. The van der Waals surface area contributed by atoms with Crippen molar-refractivity contribution in [2.75, 3.05) is 13.1 Å². The van der Waals surface area contributed by atoms with Crippen LogP contribution >= 0.6 is 0 Å². The molecule has 1 aromatic carbocycles. The molecule has 0 bridgehead atoms. The van der Waals surface area contributed by atoms with Crippen molar-refractivity contribution in [2.24, 2.45) is 11.7 Å². The molecule has 0 radical (unpaired) electrons. The Morgan fingerprint density at radius 2 is 2.10 bits per heavy atom. The molecule has 2 heterocycles. The van der Waals surface area contributed by atoms with Gasteiger partial charge in [0.2, 0.25) is 17.7 Å². The lowest BCUT2D eigenvalue weighted by atomic mass is 9.91. The molecule has 2 atom stereocenters. The van der Waals surface area contributed by atoms with Crippen molar-refractivity contribution in [1.82, 2.24) is 15.0 Å². The zero-order valence-electron chi connectivity index (χ0n) is 16.3. The first-order chi connectivity index (χ1) is 13.9. The van der Waals surface area contributed by atoms with Crippen LogP contribution in [0.2, 0.25) is 0 Å². The third-order valence-electron chi connectivity index (χ3n) is 4.96. The van der Waals surface area contributed by atoms with E-state index in [9.17, 15) is 14.0 Å². The number of ether oxygens (including phenoxy) is 1. The molecule has 156 valence electrons. The Labute approximate surface area is 168 Å². The number of benzene rings is 1. The Kier molecular flexibility index (Phi) is 6.79. The molecule has 2 amide bonds. The molecular weight excluding hydrogens is 379 g/mol. The van der Waals surface area contributed by atoms with Gasteiger partial charge in [-0.3, -0.25) is 9.59 Å². The Morgan fingerprint density at radius 3 is 2.76 bits per heavy atom. The normalized spacial score (nSPS) is 19.2. The van der Waals surface area contributed by atoms with E-state index < -0.39 is 5.91 Å². The number of aryl methyl sites for hydroxylation is 2. The molecule has 8 nitrogen and oxygen atoms in total. The summed E-state index contributed by atoms with van der Waals surface area (Å²) in [4.78, 5) is 30.1. The van der Waals surface area contributed by atoms with Gasteiger partial charge < -0.3 is 19.9 Å². The van der Waals surface area contributed by atoms with Crippen LogP contribution in [0.25, 0.3) is 0 Å². The molecule has 0 aliphatic carbocycles. The van der Waals surface area contributed by atoms with E-state index in [4.69, 9.17) is 15.0 Å². The first kappa shape index (κ1) is 20.8. The summed E-state index contributed by atoms with van der Waals surface area (Å²) in [6.07, 6.45) is 1.69. The molecule has 3 rings (SSSR count). The van der Waals surface area contributed by atoms with Crippen LogP contribution in [0.1, 0.15) is 37.9 Å². The van der Waals surface area contributed by atoms with E-state index in [0.29, 0.717) is 49.8 Å². The number of halogens is 1. The third-order valence-corrected chi connectivity index (χ3v) is 4.96. The van der Waals surface area contributed by atoms with Gasteiger partial charge in [-0.25, -0.2) is 4.39 Å². The van der Waals surface area contributed by atoms with Gasteiger partial charge in [0.1, 0.15) is 17.7 Å². The van der Waals surface area contributed by atoms with E-state index in [1.165, 1.54) is 12.1 Å². The van der Waals surface area contributed by atoms with Crippen molar-refractivity contribution in [3.63, 3.8) is 0 Å². The highest BCUT2D eigenvalue weighted by molar-refractivity contribution is 5.77. The molecule has 1 fully saturated rings. The Morgan fingerprint density at radius 1 is 1.34 bits per heavy atom. The zero-order chi connectivity index (χ0) is 20.8. The van der Waals surface area contributed by atoms with Crippen LogP contribution in [0.5, 0.6) is 5.75 Å². The summed E-state index contributed by atoms with van der Waals surface area (Å²) in [6, 6.07) is 5.73. The number of rotatable bonds is 8. The van der Waals surface area contributed by atoms with Crippen LogP contribution in [-0.2, 0) is 22.4 Å². The summed E-state index contributed by atoms with van der Waals surface area (Å²) in [5.41, 5.74) is 5.40. The van der Waals surface area contributed by atoms with Crippen LogP contribution in [0.3, 0.4) is 0 Å². The number of piperidine rings is 1. The number of carbonyl (C=O) groups excluding carboxylic acids is 2. The van der Waals surface area contributed by atoms with Gasteiger partial charge in [-0.05, 0) is 24.3 Å². The van der Waals surface area contributed by atoms with Gasteiger partial charge in [0.25, 0.3) is 0 Å². The molecular formula is C20H25FN4O4. The lowest BCUT2D eigenvalue weighted by molar-refractivity contribution is -0.136. The standard InChI is InChI=1S/C20H25FN4O4/c1-2-18-23-19(29-24-18)7-8-20(27)25-10-9-16(13(12-25)11-17(22)26)28-15-5-3-14(21)4-6-15/h3-6,13,16H,2,7-12H2,1H3,(H2,22,26)/t13-,16-/m0/s1. The second-order valence-corrected chi connectivity index (χ2v) is 7.13. The Bertz CT molecular complexity index is 839. The van der Waals surface area contributed by atoms with Crippen LogP contribution < -0.4 is 10.5 Å². The fraction of sp³-hybridized carbons (Fsp3) is 0.500. The van der Waals surface area contributed by atoms with Crippen LogP contribution in [-0.4, -0.2) is 46.0 Å². The number of primary amides is 1. The SMILES string of the molecule is CCc1noc(CCC(=O)N2CC[C@H](Oc3ccc(F)cc3)[C@@H](CC(N)=O)C2)n1. The number of nitrogens with two attached hydrogens (primary N) is 1. The number of carbonyl (C=O) groups is 2. The van der Waals surface area contributed by atoms with Crippen LogP contribution in [0.4, 0.5) is 4.39 Å². The molecule has 0 spiro atoms. The van der Waals surface area contributed by atoms with Crippen molar-refractivity contribution in [3.05, 3.63) is 41.8 Å². The molecule has 2 N–H and O–H groups in total. The van der Waals surface area contributed by atoms with Crippen molar-refractivity contribution in [3.8, 4) is 5.75 Å². The number of hydrogen-bond donors (Lipinski definition) is 1. The summed E-state index contributed by atoms with van der Waals surface area (Å²) >= 11 is 0. The second-order valence-electron chi connectivity index (χ2n) is 7.13. The second kappa shape index (κ2) is 9.49. The predicted molar refractivity (Wildman–Crippen MR) is 101 cm³/mol. The third kappa shape index (κ3) is 5.75. The van der Waals surface area contributed by atoms with Gasteiger partial charge in [-0.1, -0.05) is 12.1 Å². The van der Waals surface area contributed by atoms with Crippen molar-refractivity contribution >= 4 is 11.8 Å². The van der Waals surface area contributed by atoms with Crippen LogP contribution in [0, 0.1) is 11.7 Å². The minimum Gasteiger partial charge on any atom is -0.490 e. The summed E-state index contributed by atoms with van der Waals surface area (Å²) < 4.78 is 24.2. The maximum absolute atomic E-state index is 13.1. The molecule has 1 aromatic heterocycles. The Balaban J connectivity index is 1.58. The zero-order valence-corrected chi connectivity index (χ0v) is 16.3. The van der Waals surface area contributed by atoms with Crippen molar-refractivity contribution in [2.45, 2.75) is 45.1 Å². The highest BCUT2D eigenvalue weighted by Crippen LogP contribution is 2.26. The van der Waals surface area contributed by atoms with Crippen LogP contribution in [0.15, 0.2) is 28.8 Å².